The Morgan fingerprint density at radius 2 is 1.42 bits per heavy atom. The van der Waals surface area contributed by atoms with Crippen molar-refractivity contribution in [1.82, 2.24) is 9.05 Å². The van der Waals surface area contributed by atoms with E-state index in [1.165, 1.54) is 97.8 Å². The Morgan fingerprint density at radius 1 is 0.689 bits per heavy atom. The van der Waals surface area contributed by atoms with Crippen LogP contribution < -0.4 is 10.9 Å². The molecule has 0 N–H and O–H groups in total. The molecule has 5 aromatic carbocycles. The molecule has 11 rings (SSSR count). The first-order valence-electron chi connectivity index (χ1n) is 16.2. The van der Waals surface area contributed by atoms with E-state index in [2.05, 4.69) is 141 Å². The van der Waals surface area contributed by atoms with Crippen LogP contribution in [0.2, 0.25) is 0 Å². The number of benzene rings is 5. The summed E-state index contributed by atoms with van der Waals surface area (Å²) in [5.74, 6) is 0. The van der Waals surface area contributed by atoms with Crippen LogP contribution in [-0.2, 0) is 10.8 Å². The van der Waals surface area contributed by atoms with Crippen molar-refractivity contribution in [2.24, 2.45) is 0 Å². The van der Waals surface area contributed by atoms with Gasteiger partial charge in [-0.15, -0.1) is 11.3 Å². The summed E-state index contributed by atoms with van der Waals surface area (Å²) in [4.78, 5) is 0. The molecule has 0 fully saturated rings. The van der Waals surface area contributed by atoms with Crippen LogP contribution >= 0.6 is 11.3 Å². The average molecular weight is 595 g/mol. The topological polar surface area (TPSA) is 9.86 Å². The maximum absolute atomic E-state index is 2.73. The quantitative estimate of drug-likeness (QED) is 0.155. The van der Waals surface area contributed by atoms with Gasteiger partial charge in [0.1, 0.15) is 0 Å². The minimum Gasteiger partial charge on any atom is -0.374 e. The Balaban J connectivity index is 1.41. The van der Waals surface area contributed by atoms with Crippen LogP contribution in [-0.4, -0.2) is 15.9 Å². The smallest absolute Gasteiger partial charge is 0.333 e. The zero-order valence-corrected chi connectivity index (χ0v) is 26.9. The van der Waals surface area contributed by atoms with Gasteiger partial charge in [-0.1, -0.05) is 120 Å². The number of para-hydroxylation sites is 2. The molecule has 3 aliphatic rings. The molecule has 0 radical (unpaired) electrons. The van der Waals surface area contributed by atoms with Crippen LogP contribution in [0.3, 0.4) is 0 Å². The maximum atomic E-state index is 2.73. The normalized spacial score (nSPS) is 15.4. The highest BCUT2D eigenvalue weighted by atomic mass is 32.1. The number of rotatable bonds is 0. The van der Waals surface area contributed by atoms with Crippen molar-refractivity contribution in [2.75, 3.05) is 0 Å². The third-order valence-corrected chi connectivity index (χ3v) is 12.4. The summed E-state index contributed by atoms with van der Waals surface area (Å²) in [6.45, 7) is 12.0. The van der Waals surface area contributed by atoms with Gasteiger partial charge in [-0.3, -0.25) is 0 Å². The van der Waals surface area contributed by atoms with Gasteiger partial charge in [0.25, 0.3) is 0 Å². The SMILES string of the molecule is CC(C)(C)c1cc2c3c(c1)-n1c4c(c5cccc(c51)B3n1c3c-2cccc3c2sc3ccccc3c21)C(C)(C)c1ccccc1-4. The monoisotopic (exact) mass is 594 g/mol. The van der Waals surface area contributed by atoms with E-state index >= 15 is 0 Å². The summed E-state index contributed by atoms with van der Waals surface area (Å²) < 4.78 is 8.18. The summed E-state index contributed by atoms with van der Waals surface area (Å²) in [6, 6.07) is 37.3. The van der Waals surface area contributed by atoms with Gasteiger partial charge in [0, 0.05) is 48.6 Å². The lowest BCUT2D eigenvalue weighted by Crippen LogP contribution is -2.55. The van der Waals surface area contributed by atoms with Crippen molar-refractivity contribution >= 4 is 71.2 Å². The third kappa shape index (κ3) is 2.69. The van der Waals surface area contributed by atoms with Crippen LogP contribution in [0.4, 0.5) is 0 Å². The molecule has 214 valence electrons. The highest BCUT2D eigenvalue weighted by Crippen LogP contribution is 2.55. The van der Waals surface area contributed by atoms with E-state index in [4.69, 9.17) is 0 Å². The van der Waals surface area contributed by atoms with Gasteiger partial charge in [-0.05, 0) is 50.7 Å². The highest BCUT2D eigenvalue weighted by molar-refractivity contribution is 7.27. The Kier molecular flexibility index (Phi) is 4.20. The maximum Gasteiger partial charge on any atom is 0.333 e. The number of aromatic nitrogens is 2. The van der Waals surface area contributed by atoms with Crippen molar-refractivity contribution in [3.05, 3.63) is 114 Å². The summed E-state index contributed by atoms with van der Waals surface area (Å²) in [6.07, 6.45) is 0. The molecule has 0 spiro atoms. The van der Waals surface area contributed by atoms with E-state index in [0.717, 1.165) is 0 Å². The number of nitrogens with zero attached hydrogens (tertiary/aromatic N) is 2. The lowest BCUT2D eigenvalue weighted by atomic mass is 9.45. The van der Waals surface area contributed by atoms with Crippen molar-refractivity contribution in [3.8, 4) is 28.1 Å². The predicted molar refractivity (Wildman–Crippen MR) is 194 cm³/mol. The second-order valence-electron chi connectivity index (χ2n) is 14.9. The van der Waals surface area contributed by atoms with Gasteiger partial charge in [-0.2, -0.15) is 0 Å². The van der Waals surface area contributed by atoms with Crippen molar-refractivity contribution in [1.29, 1.82) is 0 Å². The summed E-state index contributed by atoms with van der Waals surface area (Å²) in [7, 11) is 0. The zero-order valence-electron chi connectivity index (χ0n) is 26.1. The van der Waals surface area contributed by atoms with Crippen molar-refractivity contribution in [3.63, 3.8) is 0 Å². The fourth-order valence-electron chi connectivity index (χ4n) is 9.30. The van der Waals surface area contributed by atoms with Gasteiger partial charge in [0.05, 0.1) is 21.4 Å². The zero-order chi connectivity index (χ0) is 30.1. The molecule has 2 nitrogen and oxygen atoms in total. The average Bonchev–Trinajstić information content (AvgIpc) is 3.74. The molecule has 45 heavy (non-hydrogen) atoms. The molecule has 0 unspecified atom stereocenters. The first-order chi connectivity index (χ1) is 21.7. The lowest BCUT2D eigenvalue weighted by Gasteiger charge is -2.36. The molecule has 0 saturated heterocycles. The van der Waals surface area contributed by atoms with Gasteiger partial charge in [-0.25, -0.2) is 0 Å². The van der Waals surface area contributed by atoms with Crippen LogP contribution in [0, 0.1) is 0 Å². The largest absolute Gasteiger partial charge is 0.374 e. The Bertz CT molecular complexity index is 2670. The Hall–Kier alpha value is -4.54. The van der Waals surface area contributed by atoms with Gasteiger partial charge in [0.15, 0.2) is 0 Å². The Labute approximate surface area is 266 Å². The first-order valence-corrected chi connectivity index (χ1v) is 17.0. The first kappa shape index (κ1) is 24.7. The standard InChI is InChI=1S/C41H31BN2S/c1-40(2,3)22-20-28-23-14-10-16-27-35(23)44(38-25-13-7-9-19-32(25)45-39(27)38)42-30-18-11-15-26-33-37(43(36(26)30)31(21-22)34(28)42)24-12-6-8-17-29(24)41(33,4)5/h6-21H,1-5H3. The van der Waals surface area contributed by atoms with Gasteiger partial charge < -0.3 is 9.05 Å². The summed E-state index contributed by atoms with van der Waals surface area (Å²) in [5.41, 5.74) is 18.1. The highest BCUT2D eigenvalue weighted by Gasteiger charge is 2.47. The number of fused-ring (bicyclic) bond motifs is 14. The van der Waals surface area contributed by atoms with E-state index in [-0.39, 0.29) is 17.7 Å². The fourth-order valence-corrected chi connectivity index (χ4v) is 10.5. The Morgan fingerprint density at radius 3 is 2.29 bits per heavy atom. The van der Waals surface area contributed by atoms with Crippen LogP contribution in [0.5, 0.6) is 0 Å². The van der Waals surface area contributed by atoms with Crippen LogP contribution in [0.25, 0.3) is 70.2 Å². The molecule has 0 amide bonds. The molecule has 0 bridgehead atoms. The van der Waals surface area contributed by atoms with E-state index in [0.29, 0.717) is 0 Å². The van der Waals surface area contributed by atoms with Gasteiger partial charge >= 0.3 is 6.85 Å². The lowest BCUT2D eigenvalue weighted by molar-refractivity contribution is 0.590. The second kappa shape index (κ2) is 7.63. The molecule has 0 saturated carbocycles. The molecule has 2 aliphatic heterocycles. The van der Waals surface area contributed by atoms with E-state index < -0.39 is 0 Å². The van der Waals surface area contributed by atoms with E-state index in [1.54, 1.807) is 0 Å². The minimum absolute atomic E-state index is 0.00843. The molecule has 0 atom stereocenters. The van der Waals surface area contributed by atoms with Gasteiger partial charge in [0.2, 0.25) is 0 Å². The number of thiophene rings is 1. The van der Waals surface area contributed by atoms with Crippen molar-refractivity contribution < 1.29 is 0 Å². The number of hydrogen-bond donors (Lipinski definition) is 0. The van der Waals surface area contributed by atoms with Crippen molar-refractivity contribution in [2.45, 2.75) is 45.4 Å². The number of hydrogen-bond acceptors (Lipinski definition) is 1. The molecular formula is C41H31BN2S. The minimum atomic E-state index is -0.0841. The molecule has 3 aromatic heterocycles. The molecule has 4 heteroatoms. The van der Waals surface area contributed by atoms with Crippen LogP contribution in [0.15, 0.2) is 97.1 Å². The van der Waals surface area contributed by atoms with E-state index in [9.17, 15) is 0 Å². The van der Waals surface area contributed by atoms with Crippen LogP contribution in [0.1, 0.15) is 51.3 Å². The van der Waals surface area contributed by atoms with E-state index in [1.807, 2.05) is 11.3 Å². The molecule has 8 aromatic rings. The third-order valence-electron chi connectivity index (χ3n) is 11.2. The summed E-state index contributed by atoms with van der Waals surface area (Å²) in [5, 5.41) is 4.13. The summed E-state index contributed by atoms with van der Waals surface area (Å²) >= 11 is 1.95. The predicted octanol–water partition coefficient (Wildman–Crippen LogP) is 9.50. The second-order valence-corrected chi connectivity index (χ2v) is 16.0. The molecule has 5 heterocycles. The fraction of sp³-hybridized carbons (Fsp3) is 0.171. The molecule has 1 aliphatic carbocycles. The molecular weight excluding hydrogens is 563 g/mol.